The third-order valence-electron chi connectivity index (χ3n) is 5.09. The first-order chi connectivity index (χ1) is 14.0. The standard InChI is InChI=1S/C23H21NO4S/c1-14(21(25)18-7-6-15-4-3-5-17(15)12-18)28-23(26)20-13-29-22(24-20)16-8-10-19(27-2)11-9-16/h6-14H,3-5H2,1-2H3. The number of aryl methyl sites for hydroxylation is 2. The molecule has 0 N–H and O–H groups in total. The van der Waals surface area contributed by atoms with E-state index in [9.17, 15) is 9.59 Å². The molecule has 6 heteroatoms. The molecule has 1 aromatic heterocycles. The lowest BCUT2D eigenvalue weighted by molar-refractivity contribution is 0.0314. The van der Waals surface area contributed by atoms with Crippen LogP contribution in [0, 0.1) is 0 Å². The summed E-state index contributed by atoms with van der Waals surface area (Å²) >= 11 is 1.35. The number of ketones is 1. The number of esters is 1. The topological polar surface area (TPSA) is 65.5 Å². The number of hydrogen-bond acceptors (Lipinski definition) is 6. The zero-order valence-electron chi connectivity index (χ0n) is 16.3. The summed E-state index contributed by atoms with van der Waals surface area (Å²) < 4.78 is 10.5. The molecule has 5 nitrogen and oxygen atoms in total. The second kappa shape index (κ2) is 8.17. The van der Waals surface area contributed by atoms with E-state index in [-0.39, 0.29) is 11.5 Å². The zero-order valence-corrected chi connectivity index (χ0v) is 17.1. The van der Waals surface area contributed by atoms with Crippen molar-refractivity contribution in [3.05, 3.63) is 70.2 Å². The number of carbonyl (C=O) groups is 2. The van der Waals surface area contributed by atoms with Gasteiger partial charge >= 0.3 is 5.97 Å². The van der Waals surface area contributed by atoms with Crippen LogP contribution >= 0.6 is 11.3 Å². The minimum Gasteiger partial charge on any atom is -0.497 e. The molecule has 29 heavy (non-hydrogen) atoms. The van der Waals surface area contributed by atoms with Gasteiger partial charge in [0.05, 0.1) is 7.11 Å². The van der Waals surface area contributed by atoms with Crippen LogP contribution in [0.1, 0.15) is 45.3 Å². The van der Waals surface area contributed by atoms with Gasteiger partial charge in [0.1, 0.15) is 10.8 Å². The summed E-state index contributed by atoms with van der Waals surface area (Å²) in [6.45, 7) is 1.60. The number of aromatic nitrogens is 1. The lowest BCUT2D eigenvalue weighted by Crippen LogP contribution is -2.24. The summed E-state index contributed by atoms with van der Waals surface area (Å²) in [5, 5.41) is 2.35. The molecule has 148 valence electrons. The highest BCUT2D eigenvalue weighted by Gasteiger charge is 2.23. The second-order valence-corrected chi connectivity index (χ2v) is 7.87. The summed E-state index contributed by atoms with van der Waals surface area (Å²) in [6.07, 6.45) is 2.32. The van der Waals surface area contributed by atoms with Gasteiger partial charge in [-0.05, 0) is 67.6 Å². The van der Waals surface area contributed by atoms with Crippen molar-refractivity contribution in [3.8, 4) is 16.3 Å². The van der Waals surface area contributed by atoms with Crippen molar-refractivity contribution in [2.75, 3.05) is 7.11 Å². The maximum Gasteiger partial charge on any atom is 0.358 e. The van der Waals surface area contributed by atoms with Gasteiger partial charge in [0.2, 0.25) is 5.78 Å². The molecule has 0 aliphatic heterocycles. The summed E-state index contributed by atoms with van der Waals surface area (Å²) in [5.74, 6) is -0.0366. The highest BCUT2D eigenvalue weighted by molar-refractivity contribution is 7.13. The zero-order chi connectivity index (χ0) is 20.4. The molecule has 4 rings (SSSR count). The van der Waals surface area contributed by atoms with E-state index in [4.69, 9.17) is 9.47 Å². The third kappa shape index (κ3) is 4.07. The molecule has 0 amide bonds. The minimum atomic E-state index is -0.868. The lowest BCUT2D eigenvalue weighted by atomic mass is 10.0. The van der Waals surface area contributed by atoms with Gasteiger partial charge < -0.3 is 9.47 Å². The van der Waals surface area contributed by atoms with E-state index >= 15 is 0 Å². The van der Waals surface area contributed by atoms with Crippen molar-refractivity contribution in [1.29, 1.82) is 0 Å². The van der Waals surface area contributed by atoms with Crippen LogP contribution in [0.4, 0.5) is 0 Å². The lowest BCUT2D eigenvalue weighted by Gasteiger charge is -2.12. The smallest absolute Gasteiger partial charge is 0.358 e. The molecule has 0 saturated carbocycles. The Balaban J connectivity index is 1.43. The Hall–Kier alpha value is -2.99. The molecule has 1 aliphatic rings. The van der Waals surface area contributed by atoms with Gasteiger partial charge in [-0.1, -0.05) is 12.1 Å². The second-order valence-electron chi connectivity index (χ2n) is 7.02. The fourth-order valence-electron chi connectivity index (χ4n) is 3.47. The highest BCUT2D eigenvalue weighted by atomic mass is 32.1. The van der Waals surface area contributed by atoms with E-state index in [1.807, 2.05) is 42.5 Å². The van der Waals surface area contributed by atoms with E-state index in [0.29, 0.717) is 10.6 Å². The molecule has 0 spiro atoms. The largest absolute Gasteiger partial charge is 0.497 e. The Labute approximate surface area is 173 Å². The summed E-state index contributed by atoms with van der Waals surface area (Å²) in [5.41, 5.74) is 4.20. The summed E-state index contributed by atoms with van der Waals surface area (Å²) in [7, 11) is 1.61. The number of Topliss-reactive ketones (excluding diaryl/α,β-unsaturated/α-hetero) is 1. The van der Waals surface area contributed by atoms with E-state index in [1.54, 1.807) is 19.4 Å². The Morgan fingerprint density at radius 1 is 1.07 bits per heavy atom. The number of benzene rings is 2. The van der Waals surface area contributed by atoms with E-state index in [2.05, 4.69) is 4.98 Å². The van der Waals surface area contributed by atoms with E-state index < -0.39 is 12.1 Å². The van der Waals surface area contributed by atoms with Crippen molar-refractivity contribution < 1.29 is 19.1 Å². The fourth-order valence-corrected chi connectivity index (χ4v) is 4.26. The number of rotatable bonds is 6. The number of hydrogen-bond donors (Lipinski definition) is 0. The first-order valence-corrected chi connectivity index (χ1v) is 10.4. The normalized spacial score (nSPS) is 13.6. The Morgan fingerprint density at radius 3 is 2.59 bits per heavy atom. The molecule has 0 saturated heterocycles. The number of methoxy groups -OCH3 is 1. The molecule has 1 heterocycles. The van der Waals surface area contributed by atoms with Crippen LogP contribution in [0.15, 0.2) is 47.8 Å². The summed E-state index contributed by atoms with van der Waals surface area (Å²) in [6, 6.07) is 13.2. The van der Waals surface area contributed by atoms with Crippen LogP contribution in [-0.2, 0) is 17.6 Å². The SMILES string of the molecule is COc1ccc(-c2nc(C(=O)OC(C)C(=O)c3ccc4c(c3)CCC4)cs2)cc1. The van der Waals surface area contributed by atoms with Crippen LogP contribution in [0.2, 0.25) is 0 Å². The van der Waals surface area contributed by atoms with E-state index in [1.165, 1.54) is 22.5 Å². The number of thiazole rings is 1. The Morgan fingerprint density at radius 2 is 1.83 bits per heavy atom. The number of fused-ring (bicyclic) bond motifs is 1. The van der Waals surface area contributed by atoms with Gasteiger partial charge in [-0.25, -0.2) is 9.78 Å². The average Bonchev–Trinajstić information content (AvgIpc) is 3.42. The van der Waals surface area contributed by atoms with Crippen LogP contribution in [-0.4, -0.2) is 30.0 Å². The predicted octanol–water partition coefficient (Wildman–Crippen LogP) is 4.74. The predicted molar refractivity (Wildman–Crippen MR) is 112 cm³/mol. The molecular formula is C23H21NO4S. The van der Waals surface area contributed by atoms with Gasteiger partial charge in [0, 0.05) is 16.5 Å². The van der Waals surface area contributed by atoms with Gasteiger partial charge in [-0.2, -0.15) is 0 Å². The molecule has 1 unspecified atom stereocenters. The van der Waals surface area contributed by atoms with Gasteiger partial charge in [0.15, 0.2) is 11.8 Å². The van der Waals surface area contributed by atoms with Gasteiger partial charge in [0.25, 0.3) is 0 Å². The van der Waals surface area contributed by atoms with Crippen molar-refractivity contribution in [2.45, 2.75) is 32.3 Å². The summed E-state index contributed by atoms with van der Waals surface area (Å²) in [4.78, 5) is 29.5. The Bertz CT molecular complexity index is 1050. The number of nitrogens with zero attached hydrogens (tertiary/aromatic N) is 1. The Kier molecular flexibility index (Phi) is 5.45. The number of ether oxygens (including phenoxy) is 2. The van der Waals surface area contributed by atoms with Gasteiger partial charge in [-0.3, -0.25) is 4.79 Å². The molecule has 2 aromatic carbocycles. The van der Waals surface area contributed by atoms with Crippen LogP contribution in [0.25, 0.3) is 10.6 Å². The molecule has 0 radical (unpaired) electrons. The van der Waals surface area contributed by atoms with Crippen LogP contribution < -0.4 is 4.74 Å². The third-order valence-corrected chi connectivity index (χ3v) is 5.98. The molecule has 0 fully saturated rings. The first kappa shape index (κ1) is 19.3. The monoisotopic (exact) mass is 407 g/mol. The average molecular weight is 407 g/mol. The van der Waals surface area contributed by atoms with Crippen LogP contribution in [0.3, 0.4) is 0 Å². The molecule has 0 bridgehead atoms. The minimum absolute atomic E-state index is 0.196. The van der Waals surface area contributed by atoms with Crippen molar-refractivity contribution in [2.24, 2.45) is 0 Å². The molecule has 1 aliphatic carbocycles. The fraction of sp³-hybridized carbons (Fsp3) is 0.261. The maximum atomic E-state index is 12.7. The maximum absolute atomic E-state index is 12.7. The quantitative estimate of drug-likeness (QED) is 0.436. The molecule has 1 atom stereocenters. The number of carbonyl (C=O) groups excluding carboxylic acids is 2. The van der Waals surface area contributed by atoms with Gasteiger partial charge in [-0.15, -0.1) is 11.3 Å². The van der Waals surface area contributed by atoms with Crippen LogP contribution in [0.5, 0.6) is 5.75 Å². The highest BCUT2D eigenvalue weighted by Crippen LogP contribution is 2.27. The van der Waals surface area contributed by atoms with Crippen molar-refractivity contribution in [1.82, 2.24) is 4.98 Å². The molecular weight excluding hydrogens is 386 g/mol. The molecule has 3 aromatic rings. The first-order valence-electron chi connectivity index (χ1n) is 9.52. The van der Waals surface area contributed by atoms with E-state index in [0.717, 1.165) is 30.6 Å². The van der Waals surface area contributed by atoms with Crippen molar-refractivity contribution >= 4 is 23.1 Å². The van der Waals surface area contributed by atoms with Crippen molar-refractivity contribution in [3.63, 3.8) is 0 Å².